The van der Waals surface area contributed by atoms with Crippen molar-refractivity contribution in [3.8, 4) is 0 Å². The van der Waals surface area contributed by atoms with E-state index in [-0.39, 0.29) is 17.5 Å². The maximum atomic E-state index is 11.2. The first-order chi connectivity index (χ1) is 14.7. The maximum absolute atomic E-state index is 11.2. The number of hydrogen-bond donors (Lipinski definition) is 3. The molecule has 8 nitrogen and oxygen atoms in total. The zero-order chi connectivity index (χ0) is 22.2. The Labute approximate surface area is 187 Å². The number of nitrogens with one attached hydrogen (secondary N) is 2. The Morgan fingerprint density at radius 1 is 1.35 bits per heavy atom. The van der Waals surface area contributed by atoms with E-state index in [1.807, 2.05) is 20.0 Å². The van der Waals surface area contributed by atoms with Crippen molar-refractivity contribution in [3.05, 3.63) is 40.2 Å². The van der Waals surface area contributed by atoms with E-state index in [2.05, 4.69) is 49.5 Å². The molecule has 9 heteroatoms. The van der Waals surface area contributed by atoms with Crippen LogP contribution in [-0.2, 0) is 11.3 Å². The van der Waals surface area contributed by atoms with E-state index in [0.29, 0.717) is 11.7 Å². The molecule has 2 aliphatic rings. The molecule has 2 aliphatic heterocycles. The number of nitrogens with zero attached hydrogens (tertiary/aromatic N) is 4. The molecule has 2 atom stereocenters. The molecule has 1 amide bonds. The maximum Gasteiger partial charge on any atom is 0.223 e. The van der Waals surface area contributed by atoms with Crippen molar-refractivity contribution in [3.63, 3.8) is 0 Å². The Morgan fingerprint density at radius 2 is 2.03 bits per heavy atom. The molecule has 4 heterocycles. The fourth-order valence-corrected chi connectivity index (χ4v) is 5.73. The van der Waals surface area contributed by atoms with Gasteiger partial charge in [-0.3, -0.25) is 24.9 Å². The van der Waals surface area contributed by atoms with Gasteiger partial charge in [0.25, 0.3) is 0 Å². The van der Waals surface area contributed by atoms with Crippen LogP contribution in [0.25, 0.3) is 0 Å². The molecule has 168 valence electrons. The first kappa shape index (κ1) is 22.3. The zero-order valence-electron chi connectivity index (χ0n) is 18.7. The summed E-state index contributed by atoms with van der Waals surface area (Å²) < 4.78 is 0. The van der Waals surface area contributed by atoms with Crippen LogP contribution in [0.5, 0.6) is 0 Å². The van der Waals surface area contributed by atoms with Crippen LogP contribution in [0.2, 0.25) is 0 Å². The molecular formula is C22H32N6O2S. The standard InChI is InChI=1S/C22H32N6O2S/c1-14-9-18(10-15(2)24-14)12-28-13-22(26-21(28)30)5-7-27(8-6-22)16(3)19-11-23-20(31-19)25-17(4)29/h9-11,16,21,26,30H,5-8,12-13H2,1-4H3,(H,23,25,29)/t16-,21?/m1/s1. The molecule has 0 aliphatic carbocycles. The van der Waals surface area contributed by atoms with E-state index in [0.717, 1.165) is 48.7 Å². The number of aryl methyl sites for hydroxylation is 2. The summed E-state index contributed by atoms with van der Waals surface area (Å²) in [5.41, 5.74) is 3.16. The van der Waals surface area contributed by atoms with Crippen LogP contribution < -0.4 is 10.6 Å². The summed E-state index contributed by atoms with van der Waals surface area (Å²) >= 11 is 1.54. The fourth-order valence-electron chi connectivity index (χ4n) is 4.79. The van der Waals surface area contributed by atoms with Crippen molar-refractivity contribution in [2.24, 2.45) is 0 Å². The monoisotopic (exact) mass is 444 g/mol. The molecule has 4 rings (SSSR count). The lowest BCUT2D eigenvalue weighted by Gasteiger charge is -2.41. The van der Waals surface area contributed by atoms with E-state index in [1.54, 1.807) is 0 Å². The number of aliphatic hydroxyl groups excluding tert-OH is 1. The van der Waals surface area contributed by atoms with Crippen LogP contribution in [-0.4, -0.2) is 62.3 Å². The summed E-state index contributed by atoms with van der Waals surface area (Å²) in [5, 5.41) is 17.6. The Kier molecular flexibility index (Phi) is 6.41. The van der Waals surface area contributed by atoms with Crippen LogP contribution in [0.4, 0.5) is 5.13 Å². The molecule has 31 heavy (non-hydrogen) atoms. The molecule has 2 fully saturated rings. The largest absolute Gasteiger partial charge is 0.365 e. The van der Waals surface area contributed by atoms with Gasteiger partial charge in [-0.15, -0.1) is 11.3 Å². The van der Waals surface area contributed by atoms with Gasteiger partial charge in [-0.05, 0) is 51.3 Å². The van der Waals surface area contributed by atoms with Crippen LogP contribution in [0.15, 0.2) is 18.3 Å². The number of piperidine rings is 1. The summed E-state index contributed by atoms with van der Waals surface area (Å²) in [7, 11) is 0. The Morgan fingerprint density at radius 3 is 2.68 bits per heavy atom. The number of anilines is 1. The predicted molar refractivity (Wildman–Crippen MR) is 122 cm³/mol. The van der Waals surface area contributed by atoms with Crippen molar-refractivity contribution < 1.29 is 9.90 Å². The number of thiazole rings is 1. The highest BCUT2D eigenvalue weighted by atomic mass is 32.1. The van der Waals surface area contributed by atoms with Crippen molar-refractivity contribution >= 4 is 22.4 Å². The van der Waals surface area contributed by atoms with Gasteiger partial charge in [0.1, 0.15) is 0 Å². The Balaban J connectivity index is 1.35. The first-order valence-corrected chi connectivity index (χ1v) is 11.7. The first-order valence-electron chi connectivity index (χ1n) is 10.8. The predicted octanol–water partition coefficient (Wildman–Crippen LogP) is 2.39. The Hall–Kier alpha value is -1.91. The number of aromatic nitrogens is 2. The van der Waals surface area contributed by atoms with Crippen molar-refractivity contribution in [2.75, 3.05) is 25.0 Å². The third kappa shape index (κ3) is 5.12. The van der Waals surface area contributed by atoms with Crippen molar-refractivity contribution in [2.45, 2.75) is 65.0 Å². The van der Waals surface area contributed by atoms with Gasteiger partial charge in [-0.1, -0.05) is 0 Å². The van der Waals surface area contributed by atoms with Gasteiger partial charge in [0.15, 0.2) is 11.5 Å². The summed E-state index contributed by atoms with van der Waals surface area (Å²) in [6, 6.07) is 4.45. The molecule has 3 N–H and O–H groups in total. The van der Waals surface area contributed by atoms with E-state index >= 15 is 0 Å². The van der Waals surface area contributed by atoms with Crippen LogP contribution in [0.1, 0.15) is 54.6 Å². The van der Waals surface area contributed by atoms with Gasteiger partial charge < -0.3 is 10.4 Å². The number of amides is 1. The molecule has 2 aromatic rings. The average Bonchev–Trinajstić information content (AvgIpc) is 3.25. The van der Waals surface area contributed by atoms with Gasteiger partial charge in [0, 0.05) is 67.1 Å². The topological polar surface area (TPSA) is 93.6 Å². The third-order valence-corrected chi connectivity index (χ3v) is 7.42. The second kappa shape index (κ2) is 8.91. The molecule has 2 saturated heterocycles. The normalized spacial score (nSPS) is 22.7. The molecule has 0 bridgehead atoms. The number of hydrogen-bond acceptors (Lipinski definition) is 8. The number of pyridine rings is 1. The summed E-state index contributed by atoms with van der Waals surface area (Å²) in [4.78, 5) is 25.8. The number of carbonyl (C=O) groups is 1. The number of aliphatic hydroxyl groups is 1. The molecule has 0 radical (unpaired) electrons. The number of carbonyl (C=O) groups excluding carboxylic acids is 1. The van der Waals surface area contributed by atoms with Gasteiger partial charge >= 0.3 is 0 Å². The molecule has 0 aromatic carbocycles. The number of likely N-dealkylation sites (tertiary alicyclic amines) is 1. The average molecular weight is 445 g/mol. The second-order valence-corrected chi connectivity index (χ2v) is 9.98. The van der Waals surface area contributed by atoms with E-state index < -0.39 is 6.35 Å². The van der Waals surface area contributed by atoms with E-state index in [9.17, 15) is 9.90 Å². The van der Waals surface area contributed by atoms with Crippen molar-refractivity contribution in [1.29, 1.82) is 0 Å². The summed E-state index contributed by atoms with van der Waals surface area (Å²) in [5.74, 6) is -0.0963. The molecule has 2 aromatic heterocycles. The highest BCUT2D eigenvalue weighted by Gasteiger charge is 2.45. The lowest BCUT2D eigenvalue weighted by molar-refractivity contribution is -0.114. The molecular weight excluding hydrogens is 412 g/mol. The second-order valence-electron chi connectivity index (χ2n) is 8.92. The van der Waals surface area contributed by atoms with Crippen LogP contribution in [0, 0.1) is 13.8 Å². The van der Waals surface area contributed by atoms with E-state index in [4.69, 9.17) is 0 Å². The van der Waals surface area contributed by atoms with Gasteiger partial charge in [-0.2, -0.15) is 0 Å². The molecule has 1 spiro atoms. The van der Waals surface area contributed by atoms with Gasteiger partial charge in [-0.25, -0.2) is 4.98 Å². The summed E-state index contributed by atoms with van der Waals surface area (Å²) in [6.45, 7) is 11.2. The Bertz CT molecular complexity index is 920. The van der Waals surface area contributed by atoms with Crippen LogP contribution >= 0.6 is 11.3 Å². The fraction of sp³-hybridized carbons (Fsp3) is 0.591. The van der Waals surface area contributed by atoms with Gasteiger partial charge in [0.2, 0.25) is 5.91 Å². The van der Waals surface area contributed by atoms with Crippen molar-refractivity contribution in [1.82, 2.24) is 25.1 Å². The lowest BCUT2D eigenvalue weighted by Crippen LogP contribution is -2.53. The highest BCUT2D eigenvalue weighted by Crippen LogP contribution is 2.35. The minimum absolute atomic E-state index is 0.0538. The quantitative estimate of drug-likeness (QED) is 0.652. The molecule has 1 unspecified atom stereocenters. The molecule has 0 saturated carbocycles. The number of rotatable bonds is 5. The highest BCUT2D eigenvalue weighted by molar-refractivity contribution is 7.15. The minimum Gasteiger partial charge on any atom is -0.365 e. The SMILES string of the molecule is CC(=O)Nc1ncc([C@@H](C)N2CCC3(CC2)CN(Cc2cc(C)nc(C)c2)C(O)N3)s1. The third-order valence-electron chi connectivity index (χ3n) is 6.34. The van der Waals surface area contributed by atoms with Gasteiger partial charge in [0.05, 0.1) is 0 Å². The van der Waals surface area contributed by atoms with Crippen LogP contribution in [0.3, 0.4) is 0 Å². The minimum atomic E-state index is -0.625. The summed E-state index contributed by atoms with van der Waals surface area (Å²) in [6.07, 6.45) is 3.20. The lowest BCUT2D eigenvalue weighted by atomic mass is 9.87. The smallest absolute Gasteiger partial charge is 0.223 e. The zero-order valence-corrected chi connectivity index (χ0v) is 19.5. The van der Waals surface area contributed by atoms with E-state index in [1.165, 1.54) is 23.8 Å².